The van der Waals surface area contributed by atoms with Crippen molar-refractivity contribution in [2.75, 3.05) is 33.2 Å². The van der Waals surface area contributed by atoms with Gasteiger partial charge in [0.25, 0.3) is 11.8 Å². The number of urea groups is 1. The van der Waals surface area contributed by atoms with Crippen LogP contribution in [0.2, 0.25) is 0 Å². The number of ether oxygens (including phenoxy) is 1. The van der Waals surface area contributed by atoms with Crippen LogP contribution in [0.25, 0.3) is 0 Å². The molecule has 5 amide bonds. The van der Waals surface area contributed by atoms with E-state index < -0.39 is 36.4 Å². The number of fused-ring (bicyclic) bond motifs is 1. The lowest BCUT2D eigenvalue weighted by atomic mass is 10.2. The summed E-state index contributed by atoms with van der Waals surface area (Å²) in [6, 6.07) is 27.9. The van der Waals surface area contributed by atoms with Crippen LogP contribution < -0.4 is 25.3 Å². The van der Waals surface area contributed by atoms with Crippen LogP contribution in [-0.4, -0.2) is 55.0 Å². The number of para-hydroxylation sites is 4. The first-order valence-electron chi connectivity index (χ1n) is 15.2. The smallest absolute Gasteiger partial charge is 0.338 e. The molecule has 1 aliphatic heterocycles. The molecule has 0 bridgehead atoms. The van der Waals surface area contributed by atoms with E-state index in [0.29, 0.717) is 22.7 Å². The third-order valence-corrected chi connectivity index (χ3v) is 7.43. The summed E-state index contributed by atoms with van der Waals surface area (Å²) < 4.78 is 5.04. The number of anilines is 5. The van der Waals surface area contributed by atoms with Crippen molar-refractivity contribution in [2.45, 2.75) is 32.9 Å². The molecule has 47 heavy (non-hydrogen) atoms. The minimum atomic E-state index is -1.71. The maximum absolute atomic E-state index is 14.4. The summed E-state index contributed by atoms with van der Waals surface area (Å²) in [5, 5.41) is 5.13. The number of nitrogens with zero attached hydrogens (tertiary/aromatic N) is 3. The highest BCUT2D eigenvalue weighted by Crippen LogP contribution is 2.38. The monoisotopic (exact) mass is 633 g/mol. The Morgan fingerprint density at radius 2 is 1.45 bits per heavy atom. The molecule has 11 nitrogen and oxygen atoms in total. The van der Waals surface area contributed by atoms with Gasteiger partial charge in [0.2, 0.25) is 5.91 Å². The lowest BCUT2D eigenvalue weighted by molar-refractivity contribution is -0.129. The highest BCUT2D eigenvalue weighted by molar-refractivity contribution is 6.25. The van der Waals surface area contributed by atoms with Crippen molar-refractivity contribution < 1.29 is 28.7 Å². The van der Waals surface area contributed by atoms with E-state index >= 15 is 0 Å². The van der Waals surface area contributed by atoms with Crippen molar-refractivity contribution in [3.8, 4) is 0 Å². The number of carbonyl (C=O) groups excluding carboxylic acids is 5. The fourth-order valence-electron chi connectivity index (χ4n) is 5.41. The van der Waals surface area contributed by atoms with Gasteiger partial charge in [0, 0.05) is 23.1 Å². The number of rotatable bonds is 9. The summed E-state index contributed by atoms with van der Waals surface area (Å²) >= 11 is 0. The van der Waals surface area contributed by atoms with E-state index in [0.717, 1.165) is 0 Å². The predicted molar refractivity (Wildman–Crippen MR) is 180 cm³/mol. The molecule has 11 heteroatoms. The Morgan fingerprint density at radius 1 is 0.809 bits per heavy atom. The first-order valence-corrected chi connectivity index (χ1v) is 15.2. The average Bonchev–Trinajstić information content (AvgIpc) is 3.14. The molecule has 240 valence electrons. The van der Waals surface area contributed by atoms with Crippen molar-refractivity contribution >= 4 is 58.2 Å². The lowest BCUT2D eigenvalue weighted by Gasteiger charge is -2.31. The number of hydrogen-bond acceptors (Lipinski definition) is 6. The molecule has 1 unspecified atom stereocenters. The van der Waals surface area contributed by atoms with Crippen LogP contribution in [0.5, 0.6) is 0 Å². The largest absolute Gasteiger partial charge is 0.462 e. The third-order valence-electron chi connectivity index (χ3n) is 7.43. The Kier molecular flexibility index (Phi) is 9.95. The van der Waals surface area contributed by atoms with E-state index in [-0.39, 0.29) is 29.8 Å². The molecule has 0 radical (unpaired) electrons. The van der Waals surface area contributed by atoms with Crippen LogP contribution in [0.1, 0.15) is 31.1 Å². The summed E-state index contributed by atoms with van der Waals surface area (Å²) in [4.78, 5) is 72.4. The Labute approximate surface area is 272 Å². The van der Waals surface area contributed by atoms with Gasteiger partial charge >= 0.3 is 12.0 Å². The van der Waals surface area contributed by atoms with E-state index in [2.05, 4.69) is 10.6 Å². The highest BCUT2D eigenvalue weighted by atomic mass is 16.5. The summed E-state index contributed by atoms with van der Waals surface area (Å²) in [5.41, 5.74) is 2.28. The van der Waals surface area contributed by atoms with Crippen molar-refractivity contribution in [3.05, 3.63) is 115 Å². The SMILES string of the molecule is CCOC(=O)c1cccc(NC(=O)NC2C(=O)N(CC(=O)N(c3ccccc3)C(C)C)c3ccccc3N(c3ccccc3)C2=O)c1. The molecule has 2 N–H and O–H groups in total. The van der Waals surface area contributed by atoms with Gasteiger partial charge in [0.1, 0.15) is 6.54 Å². The summed E-state index contributed by atoms with van der Waals surface area (Å²) in [6.07, 6.45) is 0. The van der Waals surface area contributed by atoms with E-state index in [1.807, 2.05) is 44.2 Å². The van der Waals surface area contributed by atoms with Gasteiger partial charge in [-0.2, -0.15) is 0 Å². The van der Waals surface area contributed by atoms with Crippen LogP contribution in [0.15, 0.2) is 109 Å². The van der Waals surface area contributed by atoms with Crippen LogP contribution in [0, 0.1) is 0 Å². The molecule has 1 heterocycles. The second-order valence-corrected chi connectivity index (χ2v) is 10.9. The Balaban J connectivity index is 1.52. The number of benzene rings is 4. The van der Waals surface area contributed by atoms with Crippen molar-refractivity contribution in [2.24, 2.45) is 0 Å². The van der Waals surface area contributed by atoms with E-state index in [1.165, 1.54) is 15.9 Å². The molecular formula is C36H35N5O6. The van der Waals surface area contributed by atoms with E-state index in [4.69, 9.17) is 4.74 Å². The molecule has 1 atom stereocenters. The van der Waals surface area contributed by atoms with Gasteiger partial charge in [-0.3, -0.25) is 24.2 Å². The Hall–Kier alpha value is -5.97. The molecule has 0 aromatic heterocycles. The molecule has 4 aromatic rings. The first-order chi connectivity index (χ1) is 22.7. The zero-order valence-electron chi connectivity index (χ0n) is 26.3. The molecule has 0 fully saturated rings. The van der Waals surface area contributed by atoms with Gasteiger partial charge in [-0.15, -0.1) is 0 Å². The molecule has 1 aliphatic rings. The maximum Gasteiger partial charge on any atom is 0.338 e. The number of nitrogens with one attached hydrogen (secondary N) is 2. The molecule has 0 saturated heterocycles. The van der Waals surface area contributed by atoms with Gasteiger partial charge in [-0.25, -0.2) is 9.59 Å². The second-order valence-electron chi connectivity index (χ2n) is 10.9. The highest BCUT2D eigenvalue weighted by Gasteiger charge is 2.43. The predicted octanol–water partition coefficient (Wildman–Crippen LogP) is 5.51. The van der Waals surface area contributed by atoms with E-state index in [9.17, 15) is 24.0 Å². The summed E-state index contributed by atoms with van der Waals surface area (Å²) in [5.74, 6) is -2.45. The normalized spacial score (nSPS) is 14.3. The van der Waals surface area contributed by atoms with Crippen LogP contribution >= 0.6 is 0 Å². The van der Waals surface area contributed by atoms with Crippen LogP contribution in [0.3, 0.4) is 0 Å². The van der Waals surface area contributed by atoms with Crippen molar-refractivity contribution in [1.82, 2.24) is 5.32 Å². The number of esters is 1. The number of carbonyl (C=O) groups is 5. The molecular weight excluding hydrogens is 598 g/mol. The maximum atomic E-state index is 14.4. The van der Waals surface area contributed by atoms with Crippen molar-refractivity contribution in [3.63, 3.8) is 0 Å². The topological polar surface area (TPSA) is 128 Å². The minimum Gasteiger partial charge on any atom is -0.462 e. The zero-order valence-corrected chi connectivity index (χ0v) is 26.3. The molecule has 0 saturated carbocycles. The third kappa shape index (κ3) is 7.14. The molecule has 4 aromatic carbocycles. The van der Waals surface area contributed by atoms with Gasteiger partial charge in [-0.05, 0) is 75.4 Å². The second kappa shape index (κ2) is 14.4. The van der Waals surface area contributed by atoms with Gasteiger partial charge in [-0.1, -0.05) is 54.6 Å². The molecule has 5 rings (SSSR count). The average molecular weight is 634 g/mol. The zero-order chi connectivity index (χ0) is 33.5. The first kappa shape index (κ1) is 32.4. The standard InChI is InChI=1S/C36H35N5O6/c1-4-47-35(45)25-14-13-15-26(22-25)37-36(46)38-32-33(43)39(23-31(42)40(24(2)3)27-16-7-5-8-17-27)29-20-11-12-21-30(29)41(34(32)44)28-18-9-6-10-19-28/h5-22,24,32H,4,23H2,1-3H3,(H2,37,38,46). The van der Waals surface area contributed by atoms with Crippen LogP contribution in [0.4, 0.5) is 33.2 Å². The quantitative estimate of drug-likeness (QED) is 0.185. The van der Waals surface area contributed by atoms with Crippen LogP contribution in [-0.2, 0) is 19.1 Å². The van der Waals surface area contributed by atoms with Gasteiger partial charge in [0.15, 0.2) is 6.04 Å². The molecule has 0 spiro atoms. The summed E-state index contributed by atoms with van der Waals surface area (Å²) in [6.45, 7) is 5.21. The lowest BCUT2D eigenvalue weighted by Crippen LogP contribution is -2.57. The Bertz CT molecular complexity index is 1780. The van der Waals surface area contributed by atoms with E-state index in [1.54, 1.807) is 84.6 Å². The fourth-order valence-corrected chi connectivity index (χ4v) is 5.41. The van der Waals surface area contributed by atoms with Crippen molar-refractivity contribution in [1.29, 1.82) is 0 Å². The van der Waals surface area contributed by atoms with Gasteiger partial charge < -0.3 is 20.3 Å². The minimum absolute atomic E-state index is 0.183. The number of amides is 5. The number of hydrogen-bond donors (Lipinski definition) is 2. The fraction of sp³-hybridized carbons (Fsp3) is 0.194. The summed E-state index contributed by atoms with van der Waals surface area (Å²) in [7, 11) is 0. The Morgan fingerprint density at radius 3 is 2.11 bits per heavy atom. The van der Waals surface area contributed by atoms with Gasteiger partial charge in [0.05, 0.1) is 23.5 Å². The molecule has 0 aliphatic carbocycles.